The first-order chi connectivity index (χ1) is 16.5. The highest BCUT2D eigenvalue weighted by molar-refractivity contribution is 5.85. The van der Waals surface area contributed by atoms with Crippen LogP contribution in [0.5, 0.6) is 0 Å². The van der Waals surface area contributed by atoms with Crippen molar-refractivity contribution < 1.29 is 0 Å². The molecule has 4 rings (SSSR count). The second-order valence-electron chi connectivity index (χ2n) is 8.62. The molecule has 0 saturated heterocycles. The van der Waals surface area contributed by atoms with Crippen LogP contribution < -0.4 is 10.2 Å². The molecule has 34 heavy (non-hydrogen) atoms. The SMILES string of the molecule is CCC(CN=O)Nc1nc(N(C)Cc2ccc(-c3ccccn3)cc2)c2ncn(C(C)C)c2n1. The highest BCUT2D eigenvalue weighted by Gasteiger charge is 2.19. The number of benzene rings is 1. The van der Waals surface area contributed by atoms with Gasteiger partial charge < -0.3 is 14.8 Å². The molecule has 0 aliphatic heterocycles. The Balaban J connectivity index is 1.64. The molecule has 9 nitrogen and oxygen atoms in total. The normalized spacial score (nSPS) is 12.1. The van der Waals surface area contributed by atoms with Crippen LogP contribution in [-0.2, 0) is 6.54 Å². The van der Waals surface area contributed by atoms with Gasteiger partial charge in [-0.3, -0.25) is 4.98 Å². The van der Waals surface area contributed by atoms with E-state index in [0.29, 0.717) is 12.5 Å². The molecule has 3 aromatic heterocycles. The molecule has 1 aromatic carbocycles. The Morgan fingerprint density at radius 1 is 1.09 bits per heavy atom. The highest BCUT2D eigenvalue weighted by atomic mass is 16.3. The number of aromatic nitrogens is 5. The number of pyridine rings is 1. The summed E-state index contributed by atoms with van der Waals surface area (Å²) in [6.45, 7) is 6.99. The van der Waals surface area contributed by atoms with Gasteiger partial charge in [0.1, 0.15) is 6.54 Å². The van der Waals surface area contributed by atoms with Crippen molar-refractivity contribution in [1.82, 2.24) is 24.5 Å². The van der Waals surface area contributed by atoms with Gasteiger partial charge in [0.15, 0.2) is 17.0 Å². The maximum Gasteiger partial charge on any atom is 0.227 e. The van der Waals surface area contributed by atoms with Crippen molar-refractivity contribution in [2.45, 2.75) is 45.8 Å². The Morgan fingerprint density at radius 3 is 2.53 bits per heavy atom. The summed E-state index contributed by atoms with van der Waals surface area (Å²) >= 11 is 0. The summed E-state index contributed by atoms with van der Waals surface area (Å²) in [7, 11) is 2.00. The molecule has 0 amide bonds. The maximum absolute atomic E-state index is 10.8. The molecule has 9 heteroatoms. The molecule has 0 aliphatic carbocycles. The van der Waals surface area contributed by atoms with Gasteiger partial charge in [-0.1, -0.05) is 42.4 Å². The van der Waals surface area contributed by atoms with Crippen molar-refractivity contribution in [3.05, 3.63) is 65.5 Å². The fourth-order valence-electron chi connectivity index (χ4n) is 3.82. The fraction of sp³-hybridized carbons (Fsp3) is 0.360. The van der Waals surface area contributed by atoms with Crippen molar-refractivity contribution in [3.8, 4) is 11.3 Å². The lowest BCUT2D eigenvalue weighted by Crippen LogP contribution is -2.25. The van der Waals surface area contributed by atoms with Gasteiger partial charge in [-0.25, -0.2) is 4.98 Å². The Labute approximate surface area is 199 Å². The second-order valence-corrected chi connectivity index (χ2v) is 8.62. The molecule has 176 valence electrons. The van der Waals surface area contributed by atoms with Gasteiger partial charge in [0.25, 0.3) is 0 Å². The summed E-state index contributed by atoms with van der Waals surface area (Å²) in [4.78, 5) is 31.4. The maximum atomic E-state index is 10.8. The molecule has 0 saturated carbocycles. The van der Waals surface area contributed by atoms with Crippen LogP contribution in [0.3, 0.4) is 0 Å². The third-order valence-electron chi connectivity index (χ3n) is 5.78. The molecule has 0 radical (unpaired) electrons. The largest absolute Gasteiger partial charge is 0.353 e. The standard InChI is InChI=1S/C25H30N8O/c1-5-20(14-28-34)29-25-30-23(22-24(31-25)33(16-27-22)17(2)3)32(4)15-18-9-11-19(12-10-18)21-8-6-7-13-26-21/h6-13,16-17,20H,5,14-15H2,1-4H3,(H,29,30,31). The summed E-state index contributed by atoms with van der Waals surface area (Å²) in [6, 6.07) is 14.4. The molecule has 1 unspecified atom stereocenters. The zero-order valence-corrected chi connectivity index (χ0v) is 20.0. The molecular formula is C25H30N8O. The van der Waals surface area contributed by atoms with E-state index in [-0.39, 0.29) is 18.6 Å². The molecule has 0 aliphatic rings. The monoisotopic (exact) mass is 458 g/mol. The van der Waals surface area contributed by atoms with E-state index in [1.54, 1.807) is 12.5 Å². The number of hydrogen-bond donors (Lipinski definition) is 1. The van der Waals surface area contributed by atoms with Crippen LogP contribution in [0.25, 0.3) is 22.4 Å². The third-order valence-corrected chi connectivity index (χ3v) is 5.78. The molecule has 0 spiro atoms. The average molecular weight is 459 g/mol. The van der Waals surface area contributed by atoms with E-state index >= 15 is 0 Å². The first-order valence-corrected chi connectivity index (χ1v) is 11.5. The first-order valence-electron chi connectivity index (χ1n) is 11.5. The van der Waals surface area contributed by atoms with E-state index < -0.39 is 0 Å². The zero-order chi connectivity index (χ0) is 24.1. The van der Waals surface area contributed by atoms with Crippen molar-refractivity contribution in [1.29, 1.82) is 0 Å². The second kappa shape index (κ2) is 10.4. The molecule has 0 fully saturated rings. The summed E-state index contributed by atoms with van der Waals surface area (Å²) in [6.07, 6.45) is 4.34. The van der Waals surface area contributed by atoms with Gasteiger partial charge in [0, 0.05) is 31.4 Å². The van der Waals surface area contributed by atoms with E-state index in [0.717, 1.165) is 40.2 Å². The van der Waals surface area contributed by atoms with Gasteiger partial charge in [-0.15, -0.1) is 0 Å². The van der Waals surface area contributed by atoms with Crippen molar-refractivity contribution >= 4 is 22.9 Å². The lowest BCUT2D eigenvalue weighted by molar-refractivity contribution is 0.612. The quantitative estimate of drug-likeness (QED) is 0.331. The van der Waals surface area contributed by atoms with Crippen molar-refractivity contribution in [2.75, 3.05) is 23.8 Å². The number of nitroso groups, excluding NO2 is 1. The average Bonchev–Trinajstić information content (AvgIpc) is 3.28. The Hall–Kier alpha value is -3.88. The van der Waals surface area contributed by atoms with Crippen molar-refractivity contribution in [2.24, 2.45) is 5.18 Å². The Morgan fingerprint density at radius 2 is 1.88 bits per heavy atom. The number of rotatable bonds is 10. The van der Waals surface area contributed by atoms with E-state index in [4.69, 9.17) is 9.97 Å². The van der Waals surface area contributed by atoms with Gasteiger partial charge >= 0.3 is 0 Å². The molecule has 1 atom stereocenters. The number of hydrogen-bond acceptors (Lipinski definition) is 8. The summed E-state index contributed by atoms with van der Waals surface area (Å²) in [5.74, 6) is 1.20. The Bertz CT molecular complexity index is 1240. The number of imidazole rings is 1. The van der Waals surface area contributed by atoms with Crippen molar-refractivity contribution in [3.63, 3.8) is 0 Å². The highest BCUT2D eigenvalue weighted by Crippen LogP contribution is 2.27. The van der Waals surface area contributed by atoms with E-state index in [1.807, 2.05) is 36.7 Å². The van der Waals surface area contributed by atoms with Crippen LogP contribution >= 0.6 is 0 Å². The number of fused-ring (bicyclic) bond motifs is 1. The van der Waals surface area contributed by atoms with Gasteiger partial charge in [0.05, 0.1) is 18.1 Å². The zero-order valence-electron chi connectivity index (χ0n) is 20.0. The number of nitrogens with zero attached hydrogens (tertiary/aromatic N) is 7. The topological polar surface area (TPSA) is 101 Å². The van der Waals surface area contributed by atoms with E-state index in [1.165, 1.54) is 0 Å². The molecule has 3 heterocycles. The predicted octanol–water partition coefficient (Wildman–Crippen LogP) is 5.06. The summed E-state index contributed by atoms with van der Waals surface area (Å²) in [5, 5.41) is 6.31. The lowest BCUT2D eigenvalue weighted by Gasteiger charge is -2.21. The van der Waals surface area contributed by atoms with Crippen LogP contribution in [0.2, 0.25) is 0 Å². The molecule has 0 bridgehead atoms. The summed E-state index contributed by atoms with van der Waals surface area (Å²) in [5.41, 5.74) is 4.67. The third kappa shape index (κ3) is 5.03. The predicted molar refractivity (Wildman–Crippen MR) is 136 cm³/mol. The minimum absolute atomic E-state index is 0.123. The minimum atomic E-state index is -0.123. The van der Waals surface area contributed by atoms with Crippen LogP contribution in [0.4, 0.5) is 11.8 Å². The Kier molecular flexibility index (Phi) is 7.10. The van der Waals surface area contributed by atoms with Gasteiger partial charge in [-0.2, -0.15) is 14.9 Å². The number of anilines is 2. The first kappa shape index (κ1) is 23.3. The lowest BCUT2D eigenvalue weighted by atomic mass is 10.1. The molecule has 4 aromatic rings. The van der Waals surface area contributed by atoms with Crippen LogP contribution in [-0.4, -0.2) is 44.1 Å². The van der Waals surface area contributed by atoms with Gasteiger partial charge in [-0.05, 0) is 38.0 Å². The van der Waals surface area contributed by atoms with Gasteiger partial charge in [0.2, 0.25) is 5.95 Å². The van der Waals surface area contributed by atoms with E-state index in [2.05, 4.69) is 63.5 Å². The van der Waals surface area contributed by atoms with E-state index in [9.17, 15) is 4.91 Å². The fourth-order valence-corrected chi connectivity index (χ4v) is 3.82. The minimum Gasteiger partial charge on any atom is -0.353 e. The smallest absolute Gasteiger partial charge is 0.227 e. The molecule has 1 N–H and O–H groups in total. The number of nitrogens with one attached hydrogen (secondary N) is 1. The summed E-state index contributed by atoms with van der Waals surface area (Å²) < 4.78 is 2.03. The van der Waals surface area contributed by atoms with Crippen LogP contribution in [0.1, 0.15) is 38.8 Å². The van der Waals surface area contributed by atoms with Crippen LogP contribution in [0, 0.1) is 4.91 Å². The molecular weight excluding hydrogens is 428 g/mol. The van der Waals surface area contributed by atoms with Crippen LogP contribution in [0.15, 0.2) is 60.2 Å².